The lowest BCUT2D eigenvalue weighted by Gasteiger charge is -2.11. The van der Waals surface area contributed by atoms with E-state index < -0.39 is 0 Å². The predicted octanol–water partition coefficient (Wildman–Crippen LogP) is 3.76. The number of methoxy groups -OCH3 is 1. The van der Waals surface area contributed by atoms with Gasteiger partial charge in [-0.3, -0.25) is 0 Å². The molecule has 2 N–H and O–H groups in total. The summed E-state index contributed by atoms with van der Waals surface area (Å²) < 4.78 is 18.7. The predicted molar refractivity (Wildman–Crippen MR) is 93.4 cm³/mol. The lowest BCUT2D eigenvalue weighted by molar-refractivity contribution is 0.414. The SMILES string of the molecule is COc1ccc(CNC(=S)NCc2ccc(F)c(Br)c2)cc1. The van der Waals surface area contributed by atoms with Gasteiger partial charge in [0, 0.05) is 13.1 Å². The maximum atomic E-state index is 13.1. The Labute approximate surface area is 143 Å². The Morgan fingerprint density at radius 2 is 1.68 bits per heavy atom. The fourth-order valence-corrected chi connectivity index (χ4v) is 2.39. The molecule has 116 valence electrons. The number of ether oxygens (including phenoxy) is 1. The minimum atomic E-state index is -0.274. The average molecular weight is 383 g/mol. The van der Waals surface area contributed by atoms with E-state index >= 15 is 0 Å². The third-order valence-corrected chi connectivity index (χ3v) is 3.95. The molecule has 6 heteroatoms. The Bertz CT molecular complexity index is 649. The van der Waals surface area contributed by atoms with Crippen LogP contribution >= 0.6 is 28.1 Å². The van der Waals surface area contributed by atoms with Gasteiger partial charge < -0.3 is 15.4 Å². The second-order valence-electron chi connectivity index (χ2n) is 4.63. The minimum Gasteiger partial charge on any atom is -0.497 e. The molecule has 0 aliphatic heterocycles. The molecule has 2 rings (SSSR count). The summed E-state index contributed by atoms with van der Waals surface area (Å²) in [4.78, 5) is 0. The van der Waals surface area contributed by atoms with Crippen LogP contribution in [-0.2, 0) is 13.1 Å². The lowest BCUT2D eigenvalue weighted by Crippen LogP contribution is -2.34. The van der Waals surface area contributed by atoms with Gasteiger partial charge in [0.25, 0.3) is 0 Å². The molecule has 0 atom stereocenters. The van der Waals surface area contributed by atoms with Crippen LogP contribution in [0.1, 0.15) is 11.1 Å². The number of halogens is 2. The number of hydrogen-bond acceptors (Lipinski definition) is 2. The van der Waals surface area contributed by atoms with Gasteiger partial charge in [0.2, 0.25) is 0 Å². The van der Waals surface area contributed by atoms with Crippen LogP contribution in [0.15, 0.2) is 46.9 Å². The van der Waals surface area contributed by atoms with Crippen LogP contribution in [0.4, 0.5) is 4.39 Å². The molecule has 0 unspecified atom stereocenters. The molecular formula is C16H16BrFN2OS. The maximum Gasteiger partial charge on any atom is 0.166 e. The zero-order chi connectivity index (χ0) is 15.9. The van der Waals surface area contributed by atoms with E-state index in [4.69, 9.17) is 17.0 Å². The molecule has 0 saturated heterocycles. The fourth-order valence-electron chi connectivity index (χ4n) is 1.82. The second-order valence-corrected chi connectivity index (χ2v) is 5.90. The highest BCUT2D eigenvalue weighted by Gasteiger charge is 2.02. The van der Waals surface area contributed by atoms with Crippen LogP contribution in [0.5, 0.6) is 5.75 Å². The Morgan fingerprint density at radius 1 is 1.09 bits per heavy atom. The molecule has 2 aromatic rings. The summed E-state index contributed by atoms with van der Waals surface area (Å²) in [6.45, 7) is 1.16. The molecule has 0 spiro atoms. The van der Waals surface area contributed by atoms with Gasteiger partial charge in [0.1, 0.15) is 11.6 Å². The average Bonchev–Trinajstić information content (AvgIpc) is 2.54. The Morgan fingerprint density at radius 3 is 2.27 bits per heavy atom. The molecule has 0 amide bonds. The molecule has 0 bridgehead atoms. The third-order valence-electron chi connectivity index (χ3n) is 3.05. The first-order valence-corrected chi connectivity index (χ1v) is 7.87. The zero-order valence-corrected chi connectivity index (χ0v) is 14.4. The molecule has 3 nitrogen and oxygen atoms in total. The van der Waals surface area contributed by atoms with Crippen LogP contribution in [-0.4, -0.2) is 12.2 Å². The normalized spacial score (nSPS) is 10.1. The van der Waals surface area contributed by atoms with Gasteiger partial charge in [-0.05, 0) is 63.5 Å². The Kier molecular flexibility index (Phi) is 6.15. The molecule has 0 radical (unpaired) electrons. The van der Waals surface area contributed by atoms with Crippen molar-refractivity contribution in [3.63, 3.8) is 0 Å². The van der Waals surface area contributed by atoms with Crippen molar-refractivity contribution in [1.82, 2.24) is 10.6 Å². The van der Waals surface area contributed by atoms with Crippen molar-refractivity contribution < 1.29 is 9.13 Å². The van der Waals surface area contributed by atoms with Crippen molar-refractivity contribution in [1.29, 1.82) is 0 Å². The van der Waals surface area contributed by atoms with Crippen molar-refractivity contribution in [2.75, 3.05) is 7.11 Å². The molecule has 0 heterocycles. The quantitative estimate of drug-likeness (QED) is 0.771. The van der Waals surface area contributed by atoms with Crippen LogP contribution in [0.25, 0.3) is 0 Å². The fraction of sp³-hybridized carbons (Fsp3) is 0.188. The van der Waals surface area contributed by atoms with Crippen molar-refractivity contribution in [3.05, 3.63) is 63.9 Å². The van der Waals surface area contributed by atoms with E-state index in [9.17, 15) is 4.39 Å². The first kappa shape index (κ1) is 16.7. The second kappa shape index (κ2) is 8.10. The largest absolute Gasteiger partial charge is 0.497 e. The van der Waals surface area contributed by atoms with Crippen molar-refractivity contribution >= 4 is 33.3 Å². The van der Waals surface area contributed by atoms with E-state index in [2.05, 4.69) is 26.6 Å². The summed E-state index contributed by atoms with van der Waals surface area (Å²) in [6.07, 6.45) is 0. The van der Waals surface area contributed by atoms with E-state index in [1.54, 1.807) is 19.2 Å². The molecule has 0 aliphatic rings. The number of rotatable bonds is 5. The molecule has 0 fully saturated rings. The number of thiocarbonyl (C=S) groups is 1. The van der Waals surface area contributed by atoms with E-state index in [-0.39, 0.29) is 5.82 Å². The first-order valence-electron chi connectivity index (χ1n) is 6.67. The van der Waals surface area contributed by atoms with E-state index in [0.29, 0.717) is 22.7 Å². The maximum absolute atomic E-state index is 13.1. The first-order chi connectivity index (χ1) is 10.6. The van der Waals surface area contributed by atoms with Gasteiger partial charge in [-0.15, -0.1) is 0 Å². The summed E-state index contributed by atoms with van der Waals surface area (Å²) in [5.74, 6) is 0.551. The van der Waals surface area contributed by atoms with Crippen LogP contribution in [0, 0.1) is 5.82 Å². The highest BCUT2D eigenvalue weighted by Crippen LogP contribution is 2.16. The van der Waals surface area contributed by atoms with Crippen LogP contribution < -0.4 is 15.4 Å². The van der Waals surface area contributed by atoms with Gasteiger partial charge in [-0.1, -0.05) is 18.2 Å². The molecule has 0 saturated carbocycles. The molecular weight excluding hydrogens is 367 g/mol. The summed E-state index contributed by atoms with van der Waals surface area (Å²) >= 11 is 8.39. The van der Waals surface area contributed by atoms with Crippen LogP contribution in [0.3, 0.4) is 0 Å². The van der Waals surface area contributed by atoms with Crippen LogP contribution in [0.2, 0.25) is 0 Å². The number of nitrogens with one attached hydrogen (secondary N) is 2. The molecule has 0 aliphatic carbocycles. The zero-order valence-electron chi connectivity index (χ0n) is 12.0. The number of benzene rings is 2. The Balaban J connectivity index is 1.78. The number of hydrogen-bond donors (Lipinski definition) is 2. The standard InChI is InChI=1S/C16H16BrFN2OS/c1-21-13-5-2-11(3-6-13)9-19-16(22)20-10-12-4-7-15(18)14(17)8-12/h2-8H,9-10H2,1H3,(H2,19,20,22). The third kappa shape index (κ3) is 4.96. The Hall–Kier alpha value is -1.66. The van der Waals surface area contributed by atoms with Gasteiger partial charge in [0.15, 0.2) is 5.11 Å². The van der Waals surface area contributed by atoms with Crippen molar-refractivity contribution in [2.24, 2.45) is 0 Å². The molecule has 2 aromatic carbocycles. The van der Waals surface area contributed by atoms with Gasteiger partial charge in [-0.2, -0.15) is 0 Å². The van der Waals surface area contributed by atoms with Gasteiger partial charge >= 0.3 is 0 Å². The molecule has 22 heavy (non-hydrogen) atoms. The highest BCUT2D eigenvalue weighted by molar-refractivity contribution is 9.10. The molecule has 0 aromatic heterocycles. The van der Waals surface area contributed by atoms with Gasteiger partial charge in [-0.25, -0.2) is 4.39 Å². The topological polar surface area (TPSA) is 33.3 Å². The highest BCUT2D eigenvalue weighted by atomic mass is 79.9. The summed E-state index contributed by atoms with van der Waals surface area (Å²) in [7, 11) is 1.64. The van der Waals surface area contributed by atoms with Gasteiger partial charge in [0.05, 0.1) is 11.6 Å². The monoisotopic (exact) mass is 382 g/mol. The van der Waals surface area contributed by atoms with E-state index in [0.717, 1.165) is 16.9 Å². The van der Waals surface area contributed by atoms with E-state index in [1.165, 1.54) is 6.07 Å². The summed E-state index contributed by atoms with van der Waals surface area (Å²) in [5.41, 5.74) is 2.05. The summed E-state index contributed by atoms with van der Waals surface area (Å²) in [5, 5.41) is 6.77. The van der Waals surface area contributed by atoms with E-state index in [1.807, 2.05) is 24.3 Å². The minimum absolute atomic E-state index is 0.274. The summed E-state index contributed by atoms with van der Waals surface area (Å²) in [6, 6.07) is 12.6. The van der Waals surface area contributed by atoms with Crippen molar-refractivity contribution in [2.45, 2.75) is 13.1 Å². The lowest BCUT2D eigenvalue weighted by atomic mass is 10.2. The van der Waals surface area contributed by atoms with Crippen molar-refractivity contribution in [3.8, 4) is 5.75 Å². The smallest absolute Gasteiger partial charge is 0.166 e.